The van der Waals surface area contributed by atoms with Crippen LogP contribution in [0.5, 0.6) is 0 Å². The number of likely N-dealkylation sites (tertiary alicyclic amines) is 1. The fourth-order valence-corrected chi connectivity index (χ4v) is 2.44. The molecule has 2 heterocycles. The van der Waals surface area contributed by atoms with Gasteiger partial charge in [0, 0.05) is 12.7 Å². The molecule has 7 nitrogen and oxygen atoms in total. The van der Waals surface area contributed by atoms with Gasteiger partial charge in [-0.15, -0.1) is 0 Å². The van der Waals surface area contributed by atoms with E-state index in [0.29, 0.717) is 13.0 Å². The zero-order valence-corrected chi connectivity index (χ0v) is 13.4. The normalized spacial score (nSPS) is 17.9. The molecule has 1 aliphatic rings. The second kappa shape index (κ2) is 6.36. The highest BCUT2D eigenvalue weighted by atomic mass is 16.6. The van der Waals surface area contributed by atoms with Gasteiger partial charge in [0.2, 0.25) is 0 Å². The summed E-state index contributed by atoms with van der Waals surface area (Å²) in [5.74, 6) is -1.92. The van der Waals surface area contributed by atoms with Crippen LogP contribution in [0.2, 0.25) is 0 Å². The van der Waals surface area contributed by atoms with Crippen molar-refractivity contribution in [1.82, 2.24) is 9.88 Å². The lowest BCUT2D eigenvalue weighted by Gasteiger charge is -2.27. The molecule has 1 N–H and O–H groups in total. The maximum absolute atomic E-state index is 12.5. The Morgan fingerprint density at radius 1 is 1.30 bits per heavy atom. The second-order valence-electron chi connectivity index (χ2n) is 6.43. The van der Waals surface area contributed by atoms with E-state index in [9.17, 15) is 14.4 Å². The molecule has 1 aliphatic heterocycles. The Morgan fingerprint density at radius 3 is 2.52 bits per heavy atom. The van der Waals surface area contributed by atoms with Crippen LogP contribution in [0, 0.1) is 0 Å². The van der Waals surface area contributed by atoms with Crippen molar-refractivity contribution in [1.29, 1.82) is 0 Å². The molecule has 1 atom stereocenters. The van der Waals surface area contributed by atoms with Crippen LogP contribution >= 0.6 is 0 Å². The minimum atomic E-state index is -1.16. The topological polar surface area (TPSA) is 96.8 Å². The van der Waals surface area contributed by atoms with E-state index in [1.165, 1.54) is 23.2 Å². The maximum atomic E-state index is 12.5. The number of carbonyl (C=O) groups is 3. The molecular formula is C16H20N2O5. The highest BCUT2D eigenvalue weighted by Gasteiger charge is 2.37. The van der Waals surface area contributed by atoms with E-state index in [1.54, 1.807) is 20.8 Å². The number of amides is 1. The Labute approximate surface area is 134 Å². The molecule has 0 aliphatic carbocycles. The van der Waals surface area contributed by atoms with Crippen molar-refractivity contribution in [2.75, 3.05) is 6.54 Å². The molecule has 124 valence electrons. The monoisotopic (exact) mass is 320 g/mol. The van der Waals surface area contributed by atoms with Crippen molar-refractivity contribution in [2.24, 2.45) is 0 Å². The van der Waals surface area contributed by atoms with Gasteiger partial charge in [-0.25, -0.2) is 14.6 Å². The molecular weight excluding hydrogens is 300 g/mol. The second-order valence-corrected chi connectivity index (χ2v) is 6.43. The van der Waals surface area contributed by atoms with Crippen LogP contribution in [0.15, 0.2) is 18.3 Å². The summed E-state index contributed by atoms with van der Waals surface area (Å²) in [4.78, 5) is 40.8. The molecule has 7 heteroatoms. The predicted octanol–water partition coefficient (Wildman–Crippen LogP) is 1.73. The van der Waals surface area contributed by atoms with E-state index in [-0.39, 0.29) is 17.2 Å². The number of esters is 1. The van der Waals surface area contributed by atoms with Gasteiger partial charge in [-0.2, -0.15) is 0 Å². The SMILES string of the molecule is CC(C)(C)OC(=O)[C@H]1CCCN1C(=O)c1ccc(C(=O)O)nc1. The Morgan fingerprint density at radius 2 is 2.00 bits per heavy atom. The van der Waals surface area contributed by atoms with E-state index in [4.69, 9.17) is 9.84 Å². The van der Waals surface area contributed by atoms with Crippen LogP contribution in [0.25, 0.3) is 0 Å². The van der Waals surface area contributed by atoms with Crippen molar-refractivity contribution in [2.45, 2.75) is 45.3 Å². The van der Waals surface area contributed by atoms with E-state index < -0.39 is 23.6 Å². The lowest BCUT2D eigenvalue weighted by molar-refractivity contribution is -0.159. The maximum Gasteiger partial charge on any atom is 0.354 e. The number of aromatic nitrogens is 1. The molecule has 1 saturated heterocycles. The zero-order chi connectivity index (χ0) is 17.2. The lowest BCUT2D eigenvalue weighted by atomic mass is 10.1. The first-order chi connectivity index (χ1) is 10.7. The molecule has 1 aromatic rings. The number of carbonyl (C=O) groups excluding carboxylic acids is 2. The molecule has 0 spiro atoms. The summed E-state index contributed by atoms with van der Waals surface area (Å²) in [7, 11) is 0. The largest absolute Gasteiger partial charge is 0.477 e. The lowest BCUT2D eigenvalue weighted by Crippen LogP contribution is -2.43. The highest BCUT2D eigenvalue weighted by molar-refractivity contribution is 5.97. The van der Waals surface area contributed by atoms with Crippen LogP contribution in [0.4, 0.5) is 0 Å². The third-order valence-corrected chi connectivity index (χ3v) is 3.42. The number of hydrogen-bond acceptors (Lipinski definition) is 5. The molecule has 0 unspecified atom stereocenters. The standard InChI is InChI=1S/C16H20N2O5/c1-16(2,3)23-15(22)12-5-4-8-18(12)13(19)10-6-7-11(14(20)21)17-9-10/h6-7,9,12H,4-5,8H2,1-3H3,(H,20,21)/t12-/m1/s1. The highest BCUT2D eigenvalue weighted by Crippen LogP contribution is 2.23. The predicted molar refractivity (Wildman–Crippen MR) is 81.1 cm³/mol. The average molecular weight is 320 g/mol. The van der Waals surface area contributed by atoms with Crippen molar-refractivity contribution in [3.63, 3.8) is 0 Å². The minimum absolute atomic E-state index is 0.133. The summed E-state index contributed by atoms with van der Waals surface area (Å²) in [5, 5.41) is 8.83. The summed E-state index contributed by atoms with van der Waals surface area (Å²) in [5.41, 5.74) is -0.490. The van der Waals surface area contributed by atoms with Crippen LogP contribution in [-0.4, -0.2) is 51.0 Å². The van der Waals surface area contributed by atoms with Gasteiger partial charge in [0.25, 0.3) is 5.91 Å². The first-order valence-corrected chi connectivity index (χ1v) is 7.42. The van der Waals surface area contributed by atoms with Gasteiger partial charge in [0.05, 0.1) is 5.56 Å². The van der Waals surface area contributed by atoms with Gasteiger partial charge in [0.15, 0.2) is 0 Å². The Balaban J connectivity index is 2.14. The average Bonchev–Trinajstić information content (AvgIpc) is 2.94. The molecule has 0 bridgehead atoms. The quantitative estimate of drug-likeness (QED) is 0.852. The number of pyridine rings is 1. The van der Waals surface area contributed by atoms with E-state index in [2.05, 4.69) is 4.98 Å². The first-order valence-electron chi connectivity index (χ1n) is 7.42. The van der Waals surface area contributed by atoms with Crippen LogP contribution < -0.4 is 0 Å². The van der Waals surface area contributed by atoms with E-state index in [0.717, 1.165) is 6.42 Å². The third kappa shape index (κ3) is 4.06. The number of rotatable bonds is 3. The Bertz CT molecular complexity index is 618. The smallest absolute Gasteiger partial charge is 0.354 e. The van der Waals surface area contributed by atoms with Crippen molar-refractivity contribution in [3.8, 4) is 0 Å². The van der Waals surface area contributed by atoms with Crippen molar-refractivity contribution in [3.05, 3.63) is 29.6 Å². The summed E-state index contributed by atoms with van der Waals surface area (Å²) < 4.78 is 5.36. The molecule has 1 fully saturated rings. The number of hydrogen-bond donors (Lipinski definition) is 1. The van der Waals surface area contributed by atoms with Gasteiger partial charge in [-0.05, 0) is 45.7 Å². The van der Waals surface area contributed by atoms with Gasteiger partial charge >= 0.3 is 11.9 Å². The van der Waals surface area contributed by atoms with Gasteiger partial charge in [-0.1, -0.05) is 0 Å². The Hall–Kier alpha value is -2.44. The summed E-state index contributed by atoms with van der Waals surface area (Å²) in [6.45, 7) is 5.80. The molecule has 2 rings (SSSR count). The molecule has 0 saturated carbocycles. The van der Waals surface area contributed by atoms with Crippen LogP contribution in [0.3, 0.4) is 0 Å². The van der Waals surface area contributed by atoms with Gasteiger partial charge < -0.3 is 14.7 Å². The van der Waals surface area contributed by atoms with E-state index >= 15 is 0 Å². The minimum Gasteiger partial charge on any atom is -0.477 e. The van der Waals surface area contributed by atoms with Crippen LogP contribution in [0.1, 0.15) is 54.5 Å². The van der Waals surface area contributed by atoms with Crippen molar-refractivity contribution >= 4 is 17.8 Å². The third-order valence-electron chi connectivity index (χ3n) is 3.42. The first kappa shape index (κ1) is 16.9. The van der Waals surface area contributed by atoms with Gasteiger partial charge in [-0.3, -0.25) is 4.79 Å². The molecule has 1 aromatic heterocycles. The number of aromatic carboxylic acids is 1. The molecule has 0 aromatic carbocycles. The summed E-state index contributed by atoms with van der Waals surface area (Å²) in [6, 6.07) is 2.07. The zero-order valence-electron chi connectivity index (χ0n) is 13.4. The number of nitrogens with zero attached hydrogens (tertiary/aromatic N) is 2. The Kier molecular flexibility index (Phi) is 4.68. The fraction of sp³-hybridized carbons (Fsp3) is 0.500. The number of carboxylic acids is 1. The van der Waals surface area contributed by atoms with E-state index in [1.807, 2.05) is 0 Å². The summed E-state index contributed by atoms with van der Waals surface area (Å²) >= 11 is 0. The van der Waals surface area contributed by atoms with Gasteiger partial charge in [0.1, 0.15) is 17.3 Å². The number of carboxylic acid groups (broad SMARTS) is 1. The fourth-order valence-electron chi connectivity index (χ4n) is 2.44. The molecule has 0 radical (unpaired) electrons. The van der Waals surface area contributed by atoms with Crippen molar-refractivity contribution < 1.29 is 24.2 Å². The molecule has 1 amide bonds. The molecule has 23 heavy (non-hydrogen) atoms. The van der Waals surface area contributed by atoms with Crippen LogP contribution in [-0.2, 0) is 9.53 Å². The number of ether oxygens (including phenoxy) is 1. The summed E-state index contributed by atoms with van der Waals surface area (Å²) in [6.07, 6.45) is 2.49.